The first-order chi connectivity index (χ1) is 18.5. The summed E-state index contributed by atoms with van der Waals surface area (Å²) < 4.78 is 26.1. The zero-order valence-corrected chi connectivity index (χ0v) is 21.6. The first kappa shape index (κ1) is 25.4. The number of nitrogens with one attached hydrogen (secondary N) is 2. The molecule has 2 atom stereocenters. The van der Waals surface area contributed by atoms with Crippen molar-refractivity contribution < 1.29 is 18.7 Å². The predicted octanol–water partition coefficient (Wildman–Crippen LogP) is 4.78. The van der Waals surface area contributed by atoms with Crippen molar-refractivity contribution in [3.05, 3.63) is 102 Å². The van der Waals surface area contributed by atoms with E-state index in [0.29, 0.717) is 16.5 Å². The number of benzene rings is 2. The van der Waals surface area contributed by atoms with Crippen LogP contribution in [0.2, 0.25) is 0 Å². The van der Waals surface area contributed by atoms with Crippen LogP contribution in [0.5, 0.6) is 5.75 Å². The van der Waals surface area contributed by atoms with E-state index in [-0.39, 0.29) is 30.4 Å². The Bertz CT molecular complexity index is 1440. The number of halogens is 1. The van der Waals surface area contributed by atoms with E-state index in [2.05, 4.69) is 15.6 Å². The smallest absolute Gasteiger partial charge is 0.250 e. The number of nitrogens with zero attached hydrogens (tertiary/aromatic N) is 3. The lowest BCUT2D eigenvalue weighted by molar-refractivity contribution is -0.119. The number of methoxy groups -OCH3 is 2. The molecule has 8 nitrogen and oxygen atoms in total. The molecule has 0 radical (unpaired) electrons. The Morgan fingerprint density at radius 3 is 2.58 bits per heavy atom. The van der Waals surface area contributed by atoms with Crippen LogP contribution in [0.15, 0.2) is 85.2 Å². The highest BCUT2D eigenvalue weighted by atomic mass is 32.1. The van der Waals surface area contributed by atoms with Crippen LogP contribution in [0.4, 0.5) is 15.8 Å². The van der Waals surface area contributed by atoms with Gasteiger partial charge in [-0.3, -0.25) is 9.78 Å². The average Bonchev–Trinajstić information content (AvgIpc) is 3.54. The minimum Gasteiger partial charge on any atom is -0.495 e. The Kier molecular flexibility index (Phi) is 7.34. The van der Waals surface area contributed by atoms with E-state index < -0.39 is 0 Å². The van der Waals surface area contributed by atoms with Crippen molar-refractivity contribution in [3.63, 3.8) is 0 Å². The van der Waals surface area contributed by atoms with Gasteiger partial charge in [-0.05, 0) is 78.9 Å². The topological polar surface area (TPSA) is 80.7 Å². The summed E-state index contributed by atoms with van der Waals surface area (Å²) in [7, 11) is 3.00. The summed E-state index contributed by atoms with van der Waals surface area (Å²) in [5.41, 5.74) is 3.78. The summed E-state index contributed by atoms with van der Waals surface area (Å²) in [5, 5.41) is 6.78. The molecule has 0 spiro atoms. The lowest BCUT2D eigenvalue weighted by Crippen LogP contribution is -2.30. The van der Waals surface area contributed by atoms with Crippen LogP contribution in [0.1, 0.15) is 23.5 Å². The zero-order chi connectivity index (χ0) is 26.6. The second-order valence-electron chi connectivity index (χ2n) is 8.64. The first-order valence-electron chi connectivity index (χ1n) is 11.9. The first-order valence-corrected chi connectivity index (χ1v) is 12.3. The molecule has 0 unspecified atom stereocenters. The fraction of sp³-hybridized carbons (Fsp3) is 0.179. The largest absolute Gasteiger partial charge is 0.495 e. The van der Waals surface area contributed by atoms with Crippen LogP contribution in [0.3, 0.4) is 0 Å². The molecule has 1 aliphatic rings. The summed E-state index contributed by atoms with van der Waals surface area (Å²) in [5.74, 6) is -0.109. The number of ether oxygens (including phenoxy) is 2. The van der Waals surface area contributed by atoms with E-state index in [4.69, 9.17) is 21.7 Å². The van der Waals surface area contributed by atoms with Gasteiger partial charge in [-0.1, -0.05) is 6.07 Å². The normalized spacial score (nSPS) is 16.8. The van der Waals surface area contributed by atoms with Crippen LogP contribution >= 0.6 is 12.2 Å². The molecule has 10 heteroatoms. The van der Waals surface area contributed by atoms with Crippen LogP contribution < -0.4 is 20.3 Å². The second-order valence-corrected chi connectivity index (χ2v) is 9.03. The van der Waals surface area contributed by atoms with Gasteiger partial charge in [0.1, 0.15) is 24.2 Å². The molecule has 3 heterocycles. The van der Waals surface area contributed by atoms with Crippen molar-refractivity contribution in [3.8, 4) is 11.4 Å². The summed E-state index contributed by atoms with van der Waals surface area (Å²) >= 11 is 5.85. The molecule has 1 fully saturated rings. The molecule has 194 valence electrons. The quantitative estimate of drug-likeness (QED) is 0.317. The number of pyridine rings is 1. The Balaban J connectivity index is 1.62. The Morgan fingerprint density at radius 2 is 1.87 bits per heavy atom. The fourth-order valence-electron chi connectivity index (χ4n) is 4.67. The number of rotatable bonds is 8. The van der Waals surface area contributed by atoms with E-state index in [1.54, 1.807) is 31.5 Å². The third-order valence-corrected chi connectivity index (χ3v) is 6.61. The van der Waals surface area contributed by atoms with Gasteiger partial charge in [0.15, 0.2) is 5.11 Å². The molecule has 1 saturated heterocycles. The molecular formula is C28H26FN5O3S. The maximum absolute atomic E-state index is 13.7. The Labute approximate surface area is 225 Å². The number of hydrogen-bond donors (Lipinski definition) is 2. The van der Waals surface area contributed by atoms with E-state index in [1.807, 2.05) is 58.1 Å². The van der Waals surface area contributed by atoms with Gasteiger partial charge >= 0.3 is 0 Å². The van der Waals surface area contributed by atoms with Crippen LogP contribution in [-0.2, 0) is 9.53 Å². The van der Waals surface area contributed by atoms with Gasteiger partial charge < -0.3 is 29.6 Å². The molecule has 38 heavy (non-hydrogen) atoms. The van der Waals surface area contributed by atoms with Crippen LogP contribution in [0, 0.1) is 5.82 Å². The molecule has 0 bridgehead atoms. The highest BCUT2D eigenvalue weighted by molar-refractivity contribution is 7.80. The van der Waals surface area contributed by atoms with Crippen molar-refractivity contribution in [2.75, 3.05) is 31.0 Å². The van der Waals surface area contributed by atoms with Crippen LogP contribution in [-0.4, -0.2) is 41.4 Å². The SMILES string of the molecule is COCC(=O)Nc1cc(N2C(=S)N[C@H](c3ccccn3)[C@@H]2c2cccn2-c2ccc(F)cc2)ccc1OC. The van der Waals surface area contributed by atoms with Crippen molar-refractivity contribution in [2.24, 2.45) is 0 Å². The van der Waals surface area contributed by atoms with Crippen molar-refractivity contribution in [2.45, 2.75) is 12.1 Å². The van der Waals surface area contributed by atoms with E-state index in [1.165, 1.54) is 19.2 Å². The number of aromatic nitrogens is 2. The number of thiocarbonyl (C=S) groups is 1. The third kappa shape index (κ3) is 4.96. The van der Waals surface area contributed by atoms with Gasteiger partial charge in [-0.25, -0.2) is 4.39 Å². The van der Waals surface area contributed by atoms with Gasteiger partial charge in [-0.15, -0.1) is 0 Å². The summed E-state index contributed by atoms with van der Waals surface area (Å²) in [6, 6.07) is 20.9. The van der Waals surface area contributed by atoms with Crippen molar-refractivity contribution in [1.29, 1.82) is 0 Å². The number of amides is 1. The van der Waals surface area contributed by atoms with Gasteiger partial charge in [0.05, 0.1) is 24.5 Å². The minimum absolute atomic E-state index is 0.0907. The molecule has 2 aromatic carbocycles. The summed E-state index contributed by atoms with van der Waals surface area (Å²) in [6.45, 7) is -0.0907. The molecule has 1 amide bonds. The molecule has 5 rings (SSSR count). The fourth-order valence-corrected chi connectivity index (χ4v) is 5.01. The predicted molar refractivity (Wildman–Crippen MR) is 147 cm³/mol. The van der Waals surface area contributed by atoms with Crippen LogP contribution in [0.25, 0.3) is 5.69 Å². The molecule has 0 saturated carbocycles. The number of hydrogen-bond acceptors (Lipinski definition) is 5. The lowest BCUT2D eigenvalue weighted by atomic mass is 10.0. The lowest BCUT2D eigenvalue weighted by Gasteiger charge is -2.29. The highest BCUT2D eigenvalue weighted by Gasteiger charge is 2.42. The van der Waals surface area contributed by atoms with Gasteiger partial charge in [0.25, 0.3) is 0 Å². The minimum atomic E-state index is -0.326. The van der Waals surface area contributed by atoms with Crippen molar-refractivity contribution in [1.82, 2.24) is 14.9 Å². The molecule has 1 aliphatic heterocycles. The Morgan fingerprint density at radius 1 is 1.08 bits per heavy atom. The third-order valence-electron chi connectivity index (χ3n) is 6.30. The molecule has 2 N–H and O–H groups in total. The number of carbonyl (C=O) groups excluding carboxylic acids is 1. The number of carbonyl (C=O) groups is 1. The van der Waals surface area contributed by atoms with Crippen molar-refractivity contribution >= 4 is 34.6 Å². The molecule has 0 aliphatic carbocycles. The highest BCUT2D eigenvalue weighted by Crippen LogP contribution is 2.43. The second kappa shape index (κ2) is 11.0. The monoisotopic (exact) mass is 531 g/mol. The van der Waals surface area contributed by atoms with Gasteiger partial charge in [-0.2, -0.15) is 0 Å². The average molecular weight is 532 g/mol. The van der Waals surface area contributed by atoms with Gasteiger partial charge in [0, 0.05) is 36.6 Å². The van der Waals surface area contributed by atoms with E-state index in [0.717, 1.165) is 22.8 Å². The van der Waals surface area contributed by atoms with E-state index in [9.17, 15) is 9.18 Å². The van der Waals surface area contributed by atoms with E-state index >= 15 is 0 Å². The molecule has 4 aromatic rings. The summed E-state index contributed by atoms with van der Waals surface area (Å²) in [6.07, 6.45) is 3.68. The Hall–Kier alpha value is -4.28. The summed E-state index contributed by atoms with van der Waals surface area (Å²) in [4.78, 5) is 18.9. The maximum atomic E-state index is 13.7. The number of anilines is 2. The molecular weight excluding hydrogens is 505 g/mol. The molecule has 2 aromatic heterocycles. The zero-order valence-electron chi connectivity index (χ0n) is 20.8. The standard InChI is InChI=1S/C28H26FN5O3S/c1-36-17-25(35)31-22-16-20(12-13-24(22)37-2)34-27(26(32-28(34)38)21-6-3-4-14-30-21)23-7-5-15-33(23)19-10-8-18(29)9-11-19/h3-16,26-27H,17H2,1-2H3,(H,31,35)(H,32,38)/t26-,27+/m1/s1. The van der Waals surface area contributed by atoms with Gasteiger partial charge in [0.2, 0.25) is 5.91 Å². The maximum Gasteiger partial charge on any atom is 0.250 e.